The molecular weight excluding hydrogens is 482 g/mol. The number of aryl methyl sites for hydroxylation is 1. The van der Waals surface area contributed by atoms with Crippen LogP contribution < -0.4 is 9.47 Å². The van der Waals surface area contributed by atoms with Gasteiger partial charge in [-0.2, -0.15) is 0 Å². The van der Waals surface area contributed by atoms with Crippen molar-refractivity contribution in [1.29, 1.82) is 0 Å². The summed E-state index contributed by atoms with van der Waals surface area (Å²) in [4.78, 5) is 41.6. The summed E-state index contributed by atoms with van der Waals surface area (Å²) in [5.41, 5.74) is 1.31. The lowest BCUT2D eigenvalue weighted by Crippen LogP contribution is -2.42. The Morgan fingerprint density at radius 3 is 2.64 bits per heavy atom. The van der Waals surface area contributed by atoms with E-state index in [1.165, 1.54) is 40.5 Å². The first-order valence-corrected chi connectivity index (χ1v) is 12.1. The number of thiophene rings is 1. The van der Waals surface area contributed by atoms with E-state index in [-0.39, 0.29) is 37.0 Å². The van der Waals surface area contributed by atoms with Gasteiger partial charge in [-0.05, 0) is 42.1 Å². The van der Waals surface area contributed by atoms with Crippen LogP contribution in [0.5, 0.6) is 11.5 Å². The Balaban J connectivity index is 1.55. The van der Waals surface area contributed by atoms with E-state index >= 15 is 0 Å². The van der Waals surface area contributed by atoms with Crippen molar-refractivity contribution in [3.63, 3.8) is 0 Å². The number of nitrogens with zero attached hydrogens (tertiary/aromatic N) is 3. The van der Waals surface area contributed by atoms with Crippen LogP contribution in [0.25, 0.3) is 0 Å². The van der Waals surface area contributed by atoms with Crippen LogP contribution in [0.15, 0.2) is 66.6 Å². The molecule has 0 atom stereocenters. The average Bonchev–Trinajstić information content (AvgIpc) is 3.54. The zero-order valence-corrected chi connectivity index (χ0v) is 20.5. The Kier molecular flexibility index (Phi) is 7.65. The Hall–Kier alpha value is -4.18. The number of carbonyl (C=O) groups is 2. The largest absolute Gasteiger partial charge is 0.454 e. The quantitative estimate of drug-likeness (QED) is 0.227. The van der Waals surface area contributed by atoms with Gasteiger partial charge >= 0.3 is 0 Å². The minimum atomic E-state index is -0.525. The smallest absolute Gasteiger partial charge is 0.273 e. The van der Waals surface area contributed by atoms with Crippen LogP contribution >= 0.6 is 11.3 Å². The molecule has 10 heteroatoms. The van der Waals surface area contributed by atoms with E-state index in [1.807, 2.05) is 35.7 Å². The number of hydrogen-bond donors (Lipinski definition) is 0. The summed E-state index contributed by atoms with van der Waals surface area (Å²) >= 11 is 1.54. The molecule has 3 aromatic rings. The van der Waals surface area contributed by atoms with Crippen LogP contribution in [-0.4, -0.2) is 46.4 Å². The zero-order chi connectivity index (χ0) is 25.7. The van der Waals surface area contributed by atoms with E-state index in [9.17, 15) is 19.7 Å². The first kappa shape index (κ1) is 24.9. The van der Waals surface area contributed by atoms with E-state index < -0.39 is 10.8 Å². The number of hydrogen-bond acceptors (Lipinski definition) is 7. The number of ether oxygens (including phenoxy) is 2. The molecule has 2 heterocycles. The van der Waals surface area contributed by atoms with Crippen LogP contribution in [0.4, 0.5) is 5.69 Å². The second-order valence-corrected chi connectivity index (χ2v) is 9.28. The lowest BCUT2D eigenvalue weighted by molar-refractivity contribution is -0.385. The Morgan fingerprint density at radius 1 is 1.11 bits per heavy atom. The van der Waals surface area contributed by atoms with Gasteiger partial charge in [0.2, 0.25) is 12.7 Å². The third-order valence-electron chi connectivity index (χ3n) is 5.71. The Morgan fingerprint density at radius 2 is 1.92 bits per heavy atom. The molecule has 2 amide bonds. The van der Waals surface area contributed by atoms with E-state index in [0.29, 0.717) is 30.2 Å². The van der Waals surface area contributed by atoms with E-state index in [0.717, 1.165) is 10.4 Å². The molecule has 9 nitrogen and oxygen atoms in total. The number of fused-ring (bicyclic) bond motifs is 1. The van der Waals surface area contributed by atoms with Crippen molar-refractivity contribution in [2.75, 3.05) is 19.9 Å². The van der Waals surface area contributed by atoms with Crippen molar-refractivity contribution in [2.24, 2.45) is 0 Å². The van der Waals surface area contributed by atoms with Gasteiger partial charge in [-0.1, -0.05) is 24.3 Å². The number of carbonyl (C=O) groups excluding carboxylic acids is 2. The Labute approximate surface area is 212 Å². The molecule has 0 spiro atoms. The molecule has 186 valence electrons. The molecule has 0 saturated heterocycles. The summed E-state index contributed by atoms with van der Waals surface area (Å²) in [5, 5.41) is 13.3. The molecule has 0 saturated carbocycles. The summed E-state index contributed by atoms with van der Waals surface area (Å²) in [6.45, 7) is 6.05. The average molecular weight is 508 g/mol. The summed E-state index contributed by atoms with van der Waals surface area (Å²) < 4.78 is 10.8. The highest BCUT2D eigenvalue weighted by atomic mass is 32.1. The fourth-order valence-corrected chi connectivity index (χ4v) is 4.56. The lowest BCUT2D eigenvalue weighted by atomic mass is 10.1. The fraction of sp³-hybridized carbons (Fsp3) is 0.231. The highest BCUT2D eigenvalue weighted by Crippen LogP contribution is 2.33. The normalized spacial score (nSPS) is 11.7. The van der Waals surface area contributed by atoms with Gasteiger partial charge in [0.05, 0.1) is 11.5 Å². The molecule has 2 aromatic carbocycles. The van der Waals surface area contributed by atoms with Gasteiger partial charge in [-0.3, -0.25) is 19.7 Å². The van der Waals surface area contributed by atoms with Crippen molar-refractivity contribution in [1.82, 2.24) is 9.80 Å². The SMILES string of the molecule is C=CCN(CC(=O)N(Cc1ccc2c(c1)OCO2)Cc1cccs1)C(=O)c1ccc(C)c([N+](=O)[O-])c1. The number of amides is 2. The first-order chi connectivity index (χ1) is 17.4. The molecule has 0 N–H and O–H groups in total. The van der Waals surface area contributed by atoms with Gasteiger partial charge in [0.1, 0.15) is 6.54 Å². The molecule has 0 radical (unpaired) electrons. The van der Waals surface area contributed by atoms with Gasteiger partial charge in [0, 0.05) is 35.2 Å². The molecule has 1 aliphatic heterocycles. The maximum absolute atomic E-state index is 13.5. The van der Waals surface area contributed by atoms with Gasteiger partial charge in [0.15, 0.2) is 11.5 Å². The molecule has 0 fully saturated rings. The topological polar surface area (TPSA) is 102 Å². The summed E-state index contributed by atoms with van der Waals surface area (Å²) in [5.74, 6) is 0.536. The maximum atomic E-state index is 13.5. The third kappa shape index (κ3) is 5.72. The van der Waals surface area contributed by atoms with E-state index in [2.05, 4.69) is 6.58 Å². The summed E-state index contributed by atoms with van der Waals surface area (Å²) in [6.07, 6.45) is 1.52. The molecule has 0 unspecified atom stereocenters. The van der Waals surface area contributed by atoms with Crippen LogP contribution in [0.3, 0.4) is 0 Å². The zero-order valence-electron chi connectivity index (χ0n) is 19.7. The van der Waals surface area contributed by atoms with Gasteiger partial charge in [0.25, 0.3) is 11.6 Å². The highest BCUT2D eigenvalue weighted by Gasteiger charge is 2.25. The lowest BCUT2D eigenvalue weighted by Gasteiger charge is -2.27. The maximum Gasteiger partial charge on any atom is 0.273 e. The molecule has 0 aliphatic carbocycles. The van der Waals surface area contributed by atoms with E-state index in [1.54, 1.807) is 11.8 Å². The predicted molar refractivity (Wildman–Crippen MR) is 135 cm³/mol. The predicted octanol–water partition coefficient (Wildman–Crippen LogP) is 4.55. The minimum Gasteiger partial charge on any atom is -0.454 e. The highest BCUT2D eigenvalue weighted by molar-refractivity contribution is 7.09. The van der Waals surface area contributed by atoms with Crippen LogP contribution in [0, 0.1) is 17.0 Å². The number of nitro benzene ring substituents is 1. The molecule has 36 heavy (non-hydrogen) atoms. The van der Waals surface area contributed by atoms with Crippen molar-refractivity contribution >= 4 is 28.8 Å². The molecule has 1 aromatic heterocycles. The molecule has 1 aliphatic rings. The number of benzene rings is 2. The second kappa shape index (κ2) is 11.0. The van der Waals surface area contributed by atoms with Crippen LogP contribution in [0.1, 0.15) is 26.4 Å². The number of rotatable bonds is 10. The fourth-order valence-electron chi connectivity index (χ4n) is 3.84. The molecule has 4 rings (SSSR count). The van der Waals surface area contributed by atoms with Crippen molar-refractivity contribution < 1.29 is 24.0 Å². The van der Waals surface area contributed by atoms with Crippen LogP contribution in [0.2, 0.25) is 0 Å². The van der Waals surface area contributed by atoms with Crippen molar-refractivity contribution in [3.8, 4) is 11.5 Å². The second-order valence-electron chi connectivity index (χ2n) is 8.25. The van der Waals surface area contributed by atoms with Crippen molar-refractivity contribution in [2.45, 2.75) is 20.0 Å². The standard InChI is InChI=1S/C26H25N3O6S/c1-3-10-27(26(31)20-8-6-18(2)22(13-20)29(32)33)16-25(30)28(15-21-5-4-11-36-21)14-19-7-9-23-24(12-19)35-17-34-23/h3-9,11-13H,1,10,14-17H2,2H3. The number of nitro groups is 1. The van der Waals surface area contributed by atoms with Gasteiger partial charge in [-0.15, -0.1) is 17.9 Å². The van der Waals surface area contributed by atoms with Gasteiger partial charge in [-0.25, -0.2) is 0 Å². The summed E-state index contributed by atoms with van der Waals surface area (Å²) in [6, 6.07) is 13.7. The van der Waals surface area contributed by atoms with Crippen molar-refractivity contribution in [3.05, 3.63) is 98.2 Å². The summed E-state index contributed by atoms with van der Waals surface area (Å²) in [7, 11) is 0. The molecule has 0 bridgehead atoms. The van der Waals surface area contributed by atoms with Gasteiger partial charge < -0.3 is 19.3 Å². The van der Waals surface area contributed by atoms with E-state index in [4.69, 9.17) is 9.47 Å². The monoisotopic (exact) mass is 507 g/mol. The minimum absolute atomic E-state index is 0.114. The Bertz CT molecular complexity index is 1290. The third-order valence-corrected chi connectivity index (χ3v) is 6.57. The van der Waals surface area contributed by atoms with Crippen LogP contribution in [-0.2, 0) is 17.9 Å². The molecular formula is C26H25N3O6S. The first-order valence-electron chi connectivity index (χ1n) is 11.2.